The lowest BCUT2D eigenvalue weighted by Crippen LogP contribution is -2.22. The summed E-state index contributed by atoms with van der Waals surface area (Å²) in [6.45, 7) is 1.34. The normalized spacial score (nSPS) is 9.47. The maximum atomic E-state index is 11.4. The number of nitrogens with one attached hydrogen (secondary N) is 1. The van der Waals surface area contributed by atoms with Crippen molar-refractivity contribution in [3.63, 3.8) is 0 Å². The highest BCUT2D eigenvalue weighted by Gasteiger charge is 2.00. The van der Waals surface area contributed by atoms with Gasteiger partial charge in [0.05, 0.1) is 0 Å². The third-order valence-electron chi connectivity index (χ3n) is 2.44. The van der Waals surface area contributed by atoms with Gasteiger partial charge in [-0.25, -0.2) is 0 Å². The minimum Gasteiger partial charge on any atom is -0.352 e. The largest absolute Gasteiger partial charge is 0.352 e. The first-order chi connectivity index (χ1) is 7.83. The Balaban J connectivity index is 0.00000256. The van der Waals surface area contributed by atoms with Crippen LogP contribution in [-0.4, -0.2) is 12.5 Å². The smallest absolute Gasteiger partial charge is 0.220 e. The van der Waals surface area contributed by atoms with Crippen LogP contribution in [-0.2, 0) is 11.3 Å². The molecule has 0 bridgehead atoms. The summed E-state index contributed by atoms with van der Waals surface area (Å²) in [6.07, 6.45) is 3.58. The molecule has 0 radical (unpaired) electrons. The molecule has 0 fully saturated rings. The first-order valence-corrected chi connectivity index (χ1v) is 5.83. The van der Waals surface area contributed by atoms with E-state index in [0.29, 0.717) is 19.5 Å². The monoisotopic (exact) mass is 256 g/mol. The Kier molecular flexibility index (Phi) is 9.49. The van der Waals surface area contributed by atoms with Crippen molar-refractivity contribution >= 4 is 18.3 Å². The van der Waals surface area contributed by atoms with Crippen molar-refractivity contribution < 1.29 is 4.79 Å². The molecule has 0 aliphatic carbocycles. The standard InChI is InChI=1S/C13H20N2O.ClH/c14-10-6-2-5-9-13(16)15-11-12-7-3-1-4-8-12;/h1,3-4,7-8H,2,5-6,9-11,14H2,(H,15,16);1H. The molecule has 0 aromatic heterocycles. The number of hydrogen-bond acceptors (Lipinski definition) is 2. The van der Waals surface area contributed by atoms with Crippen molar-refractivity contribution in [1.82, 2.24) is 5.32 Å². The zero-order valence-corrected chi connectivity index (χ0v) is 10.8. The molecular weight excluding hydrogens is 236 g/mol. The molecule has 0 aliphatic heterocycles. The van der Waals surface area contributed by atoms with Crippen molar-refractivity contribution in [3.05, 3.63) is 35.9 Å². The van der Waals surface area contributed by atoms with Crippen LogP contribution in [0.3, 0.4) is 0 Å². The third-order valence-corrected chi connectivity index (χ3v) is 2.44. The summed E-state index contributed by atoms with van der Waals surface area (Å²) >= 11 is 0. The van der Waals surface area contributed by atoms with Crippen LogP contribution in [0.25, 0.3) is 0 Å². The fourth-order valence-electron chi connectivity index (χ4n) is 1.49. The minimum absolute atomic E-state index is 0. The maximum absolute atomic E-state index is 11.4. The lowest BCUT2D eigenvalue weighted by Gasteiger charge is -2.04. The zero-order valence-electron chi connectivity index (χ0n) is 10.0. The summed E-state index contributed by atoms with van der Waals surface area (Å²) in [5.41, 5.74) is 6.52. The third kappa shape index (κ3) is 7.77. The van der Waals surface area contributed by atoms with Gasteiger partial charge in [-0.15, -0.1) is 12.4 Å². The van der Waals surface area contributed by atoms with Crippen molar-refractivity contribution in [2.75, 3.05) is 6.54 Å². The van der Waals surface area contributed by atoms with E-state index >= 15 is 0 Å². The van der Waals surface area contributed by atoms with Crippen LogP contribution in [0.4, 0.5) is 0 Å². The summed E-state index contributed by atoms with van der Waals surface area (Å²) in [5.74, 6) is 0.126. The predicted octanol–water partition coefficient (Wildman–Crippen LogP) is 2.24. The molecule has 4 heteroatoms. The van der Waals surface area contributed by atoms with Crippen molar-refractivity contribution in [2.24, 2.45) is 5.73 Å². The Bertz CT molecular complexity index is 304. The van der Waals surface area contributed by atoms with E-state index in [-0.39, 0.29) is 18.3 Å². The van der Waals surface area contributed by atoms with E-state index in [4.69, 9.17) is 5.73 Å². The molecule has 0 aliphatic rings. The number of benzene rings is 1. The molecule has 0 spiro atoms. The fourth-order valence-corrected chi connectivity index (χ4v) is 1.49. The van der Waals surface area contributed by atoms with E-state index in [1.807, 2.05) is 30.3 Å². The molecule has 0 unspecified atom stereocenters. The molecular formula is C13H21ClN2O. The Hall–Kier alpha value is -1.06. The molecule has 0 saturated heterocycles. The van der Waals surface area contributed by atoms with E-state index in [0.717, 1.165) is 24.8 Å². The highest BCUT2D eigenvalue weighted by Crippen LogP contribution is 2.00. The maximum Gasteiger partial charge on any atom is 0.220 e. The summed E-state index contributed by atoms with van der Waals surface area (Å²) in [7, 11) is 0. The molecule has 3 N–H and O–H groups in total. The minimum atomic E-state index is 0. The first-order valence-electron chi connectivity index (χ1n) is 5.83. The van der Waals surface area contributed by atoms with Gasteiger partial charge in [0.25, 0.3) is 0 Å². The second-order valence-corrected chi connectivity index (χ2v) is 3.86. The van der Waals surface area contributed by atoms with Crippen LogP contribution in [0.2, 0.25) is 0 Å². The molecule has 1 rings (SSSR count). The molecule has 0 saturated carbocycles. The highest BCUT2D eigenvalue weighted by atomic mass is 35.5. The van der Waals surface area contributed by atoms with Gasteiger partial charge in [-0.1, -0.05) is 36.8 Å². The Morgan fingerprint density at radius 3 is 2.47 bits per heavy atom. The van der Waals surface area contributed by atoms with E-state index in [1.54, 1.807) is 0 Å². The average molecular weight is 257 g/mol. The van der Waals surface area contributed by atoms with Crippen LogP contribution in [0.1, 0.15) is 31.2 Å². The number of carbonyl (C=O) groups is 1. The fraction of sp³-hybridized carbons (Fsp3) is 0.462. The SMILES string of the molecule is Cl.NCCCCCC(=O)NCc1ccccc1. The summed E-state index contributed by atoms with van der Waals surface area (Å²) in [5, 5.41) is 2.91. The van der Waals surface area contributed by atoms with E-state index in [2.05, 4.69) is 5.32 Å². The van der Waals surface area contributed by atoms with Gasteiger partial charge in [0, 0.05) is 13.0 Å². The van der Waals surface area contributed by atoms with Crippen LogP contribution < -0.4 is 11.1 Å². The van der Waals surface area contributed by atoms with Crippen LogP contribution in [0, 0.1) is 0 Å². The van der Waals surface area contributed by atoms with Crippen molar-refractivity contribution in [1.29, 1.82) is 0 Å². The molecule has 0 atom stereocenters. The molecule has 1 aromatic carbocycles. The number of unbranched alkanes of at least 4 members (excludes halogenated alkanes) is 2. The lowest BCUT2D eigenvalue weighted by atomic mass is 10.2. The van der Waals surface area contributed by atoms with E-state index in [9.17, 15) is 4.79 Å². The number of amides is 1. The quantitative estimate of drug-likeness (QED) is 0.735. The average Bonchev–Trinajstić information content (AvgIpc) is 2.33. The molecule has 96 valence electrons. The van der Waals surface area contributed by atoms with E-state index < -0.39 is 0 Å². The van der Waals surface area contributed by atoms with E-state index in [1.165, 1.54) is 0 Å². The number of hydrogen-bond donors (Lipinski definition) is 2. The molecule has 17 heavy (non-hydrogen) atoms. The van der Waals surface area contributed by atoms with Gasteiger partial charge in [-0.2, -0.15) is 0 Å². The molecule has 0 heterocycles. The Labute approximate surface area is 109 Å². The number of carbonyl (C=O) groups excluding carboxylic acids is 1. The zero-order chi connectivity index (χ0) is 11.6. The van der Waals surface area contributed by atoms with Crippen LogP contribution in [0.15, 0.2) is 30.3 Å². The first kappa shape index (κ1) is 15.9. The lowest BCUT2D eigenvalue weighted by molar-refractivity contribution is -0.121. The Morgan fingerprint density at radius 2 is 1.82 bits per heavy atom. The second-order valence-electron chi connectivity index (χ2n) is 3.86. The number of halogens is 1. The van der Waals surface area contributed by atoms with Gasteiger partial charge < -0.3 is 11.1 Å². The van der Waals surface area contributed by atoms with Crippen molar-refractivity contribution in [3.8, 4) is 0 Å². The highest BCUT2D eigenvalue weighted by molar-refractivity contribution is 5.85. The van der Waals surface area contributed by atoms with Gasteiger partial charge in [-0.05, 0) is 24.9 Å². The summed E-state index contributed by atoms with van der Waals surface area (Å²) in [6, 6.07) is 9.94. The predicted molar refractivity (Wildman–Crippen MR) is 73.1 cm³/mol. The van der Waals surface area contributed by atoms with Gasteiger partial charge in [0.15, 0.2) is 0 Å². The van der Waals surface area contributed by atoms with Crippen LogP contribution in [0.5, 0.6) is 0 Å². The van der Waals surface area contributed by atoms with Gasteiger partial charge in [-0.3, -0.25) is 4.79 Å². The van der Waals surface area contributed by atoms with Crippen LogP contribution >= 0.6 is 12.4 Å². The van der Waals surface area contributed by atoms with Crippen molar-refractivity contribution in [2.45, 2.75) is 32.2 Å². The van der Waals surface area contributed by atoms with Gasteiger partial charge >= 0.3 is 0 Å². The topological polar surface area (TPSA) is 55.1 Å². The number of rotatable bonds is 7. The number of nitrogens with two attached hydrogens (primary N) is 1. The molecule has 1 amide bonds. The summed E-state index contributed by atoms with van der Waals surface area (Å²) < 4.78 is 0. The van der Waals surface area contributed by atoms with Gasteiger partial charge in [0.1, 0.15) is 0 Å². The molecule has 1 aromatic rings. The molecule has 3 nitrogen and oxygen atoms in total. The Morgan fingerprint density at radius 1 is 1.12 bits per heavy atom. The second kappa shape index (κ2) is 10.1. The van der Waals surface area contributed by atoms with Gasteiger partial charge in [0.2, 0.25) is 5.91 Å². The summed E-state index contributed by atoms with van der Waals surface area (Å²) in [4.78, 5) is 11.4.